The van der Waals surface area contributed by atoms with E-state index < -0.39 is 0 Å². The van der Waals surface area contributed by atoms with Gasteiger partial charge in [-0.05, 0) is 24.3 Å². The molecule has 2 rings (SSSR count). The molecule has 1 aromatic heterocycles. The van der Waals surface area contributed by atoms with Gasteiger partial charge in [0.25, 0.3) is 0 Å². The molecule has 0 bridgehead atoms. The van der Waals surface area contributed by atoms with Gasteiger partial charge in [-0.15, -0.1) is 0 Å². The molecule has 2 aromatic rings. The second-order valence-electron chi connectivity index (χ2n) is 3.88. The number of hydrogen-bond donors (Lipinski definition) is 1. The number of furan rings is 1. The van der Waals surface area contributed by atoms with Crippen molar-refractivity contribution in [2.45, 2.75) is 13.3 Å². The van der Waals surface area contributed by atoms with E-state index >= 15 is 0 Å². The number of anilines is 1. The number of ketones is 1. The van der Waals surface area contributed by atoms with Crippen molar-refractivity contribution >= 4 is 11.5 Å². The highest BCUT2D eigenvalue weighted by atomic mass is 16.5. The Balaban J connectivity index is 2.42. The molecule has 0 aliphatic heterocycles. The van der Waals surface area contributed by atoms with Crippen LogP contribution in [0.1, 0.15) is 28.8 Å². The summed E-state index contributed by atoms with van der Waals surface area (Å²) in [5.74, 6) is 1.24. The number of carbonyl (C=O) groups excluding carboxylic acids is 1. The molecule has 0 amide bonds. The molecule has 4 nitrogen and oxygen atoms in total. The highest BCUT2D eigenvalue weighted by Gasteiger charge is 2.19. The number of benzene rings is 1. The zero-order valence-electron chi connectivity index (χ0n) is 10.4. The van der Waals surface area contributed by atoms with E-state index in [4.69, 9.17) is 14.9 Å². The van der Waals surface area contributed by atoms with Crippen LogP contribution in [0.5, 0.6) is 5.75 Å². The average Bonchev–Trinajstić information content (AvgIpc) is 2.86. The standard InChI is InChI=1S/C14H15NO3/c1-3-9-7-8-12(18-9)13(16)10-5-4-6-11(15)14(10)17-2/h4-8H,3,15H2,1-2H3. The molecule has 1 aromatic carbocycles. The van der Waals surface area contributed by atoms with E-state index in [-0.39, 0.29) is 5.78 Å². The van der Waals surface area contributed by atoms with Crippen LogP contribution in [0.2, 0.25) is 0 Å². The van der Waals surface area contributed by atoms with Crippen LogP contribution in [0.4, 0.5) is 5.69 Å². The summed E-state index contributed by atoms with van der Waals surface area (Å²) in [5.41, 5.74) is 6.62. The summed E-state index contributed by atoms with van der Waals surface area (Å²) in [6.07, 6.45) is 0.751. The topological polar surface area (TPSA) is 65.5 Å². The Morgan fingerprint density at radius 1 is 1.33 bits per heavy atom. The van der Waals surface area contributed by atoms with Crippen molar-refractivity contribution in [1.82, 2.24) is 0 Å². The van der Waals surface area contributed by atoms with Crippen molar-refractivity contribution in [3.63, 3.8) is 0 Å². The number of ether oxygens (including phenoxy) is 1. The van der Waals surface area contributed by atoms with Crippen molar-refractivity contribution < 1.29 is 13.9 Å². The molecule has 0 unspecified atom stereocenters. The average molecular weight is 245 g/mol. The minimum absolute atomic E-state index is 0.223. The fraction of sp³-hybridized carbons (Fsp3) is 0.214. The number of aryl methyl sites for hydroxylation is 1. The normalized spacial score (nSPS) is 10.3. The van der Waals surface area contributed by atoms with Crippen LogP contribution in [-0.4, -0.2) is 12.9 Å². The van der Waals surface area contributed by atoms with Gasteiger partial charge >= 0.3 is 0 Å². The number of nitrogen functional groups attached to an aromatic ring is 1. The van der Waals surface area contributed by atoms with Crippen molar-refractivity contribution in [1.29, 1.82) is 0 Å². The monoisotopic (exact) mass is 245 g/mol. The Hall–Kier alpha value is -2.23. The number of para-hydroxylation sites is 1. The number of carbonyl (C=O) groups is 1. The molecule has 0 saturated carbocycles. The van der Waals surface area contributed by atoms with Gasteiger partial charge in [-0.25, -0.2) is 0 Å². The maximum Gasteiger partial charge on any atom is 0.231 e. The molecule has 0 aliphatic rings. The highest BCUT2D eigenvalue weighted by Crippen LogP contribution is 2.28. The van der Waals surface area contributed by atoms with Gasteiger partial charge in [0.1, 0.15) is 5.76 Å². The summed E-state index contributed by atoms with van der Waals surface area (Å²) < 4.78 is 10.6. The van der Waals surface area contributed by atoms with Gasteiger partial charge in [-0.2, -0.15) is 0 Å². The minimum Gasteiger partial charge on any atom is -0.494 e. The van der Waals surface area contributed by atoms with E-state index in [2.05, 4.69) is 0 Å². The molecule has 1 heterocycles. The third-order valence-electron chi connectivity index (χ3n) is 2.73. The number of rotatable bonds is 4. The first-order chi connectivity index (χ1) is 8.67. The molecule has 0 radical (unpaired) electrons. The van der Waals surface area contributed by atoms with E-state index in [1.165, 1.54) is 7.11 Å². The Morgan fingerprint density at radius 2 is 2.11 bits per heavy atom. The smallest absolute Gasteiger partial charge is 0.231 e. The molecule has 0 saturated heterocycles. The molecule has 0 fully saturated rings. The van der Waals surface area contributed by atoms with Gasteiger partial charge in [-0.1, -0.05) is 13.0 Å². The second kappa shape index (κ2) is 4.96. The summed E-state index contributed by atoms with van der Waals surface area (Å²) in [6.45, 7) is 1.97. The van der Waals surface area contributed by atoms with Crippen LogP contribution >= 0.6 is 0 Å². The summed E-state index contributed by atoms with van der Waals surface area (Å²) in [5, 5.41) is 0. The number of methoxy groups -OCH3 is 1. The first kappa shape index (κ1) is 12.2. The zero-order valence-corrected chi connectivity index (χ0v) is 10.4. The van der Waals surface area contributed by atoms with Crippen LogP contribution in [0.3, 0.4) is 0 Å². The Bertz CT molecular complexity index is 572. The van der Waals surface area contributed by atoms with E-state index in [1.807, 2.05) is 6.92 Å². The van der Waals surface area contributed by atoms with Crippen LogP contribution in [0.25, 0.3) is 0 Å². The molecule has 4 heteroatoms. The highest BCUT2D eigenvalue weighted by molar-refractivity contribution is 6.09. The van der Waals surface area contributed by atoms with Gasteiger partial charge < -0.3 is 14.9 Å². The lowest BCUT2D eigenvalue weighted by atomic mass is 10.1. The number of hydrogen-bond acceptors (Lipinski definition) is 4. The van der Waals surface area contributed by atoms with Crippen molar-refractivity contribution in [2.75, 3.05) is 12.8 Å². The Kier molecular flexibility index (Phi) is 3.37. The fourth-order valence-corrected chi connectivity index (χ4v) is 1.78. The van der Waals surface area contributed by atoms with Gasteiger partial charge in [0, 0.05) is 6.42 Å². The lowest BCUT2D eigenvalue weighted by Crippen LogP contribution is -2.05. The Labute approximate surface area is 105 Å². The van der Waals surface area contributed by atoms with Crippen molar-refractivity contribution in [3.05, 3.63) is 47.4 Å². The zero-order chi connectivity index (χ0) is 13.1. The van der Waals surface area contributed by atoms with Gasteiger partial charge in [-0.3, -0.25) is 4.79 Å². The van der Waals surface area contributed by atoms with E-state index in [0.29, 0.717) is 22.8 Å². The van der Waals surface area contributed by atoms with Crippen LogP contribution in [0, 0.1) is 0 Å². The van der Waals surface area contributed by atoms with Crippen LogP contribution in [-0.2, 0) is 6.42 Å². The third-order valence-corrected chi connectivity index (χ3v) is 2.73. The minimum atomic E-state index is -0.223. The molecule has 0 aliphatic carbocycles. The van der Waals surface area contributed by atoms with Crippen LogP contribution in [0.15, 0.2) is 34.7 Å². The predicted molar refractivity (Wildman–Crippen MR) is 68.9 cm³/mol. The maximum absolute atomic E-state index is 12.3. The molecular formula is C14H15NO3. The maximum atomic E-state index is 12.3. The molecular weight excluding hydrogens is 230 g/mol. The Morgan fingerprint density at radius 3 is 2.72 bits per heavy atom. The third kappa shape index (κ3) is 2.09. The number of nitrogens with two attached hydrogens (primary N) is 1. The first-order valence-corrected chi connectivity index (χ1v) is 5.73. The summed E-state index contributed by atoms with van der Waals surface area (Å²) in [6, 6.07) is 8.55. The summed E-state index contributed by atoms with van der Waals surface area (Å²) >= 11 is 0. The van der Waals surface area contributed by atoms with Gasteiger partial charge in [0.15, 0.2) is 11.5 Å². The fourth-order valence-electron chi connectivity index (χ4n) is 1.78. The summed E-state index contributed by atoms with van der Waals surface area (Å²) in [4.78, 5) is 12.3. The molecule has 94 valence electrons. The summed E-state index contributed by atoms with van der Waals surface area (Å²) in [7, 11) is 1.49. The predicted octanol–water partition coefficient (Wildman–Crippen LogP) is 2.66. The quantitative estimate of drug-likeness (QED) is 0.664. The van der Waals surface area contributed by atoms with E-state index in [0.717, 1.165) is 12.2 Å². The largest absolute Gasteiger partial charge is 0.494 e. The van der Waals surface area contributed by atoms with Crippen LogP contribution < -0.4 is 10.5 Å². The first-order valence-electron chi connectivity index (χ1n) is 5.73. The lowest BCUT2D eigenvalue weighted by Gasteiger charge is -2.08. The van der Waals surface area contributed by atoms with E-state index in [1.54, 1.807) is 30.3 Å². The lowest BCUT2D eigenvalue weighted by molar-refractivity contribution is 0.100. The SMILES string of the molecule is CCc1ccc(C(=O)c2cccc(N)c2OC)o1. The second-order valence-corrected chi connectivity index (χ2v) is 3.88. The molecule has 18 heavy (non-hydrogen) atoms. The van der Waals surface area contributed by atoms with E-state index in [9.17, 15) is 4.79 Å². The van der Waals surface area contributed by atoms with Crippen molar-refractivity contribution in [3.8, 4) is 5.75 Å². The molecule has 2 N–H and O–H groups in total. The van der Waals surface area contributed by atoms with Gasteiger partial charge in [0.2, 0.25) is 5.78 Å². The molecule has 0 atom stereocenters. The molecule has 0 spiro atoms. The van der Waals surface area contributed by atoms with Crippen molar-refractivity contribution in [2.24, 2.45) is 0 Å². The van der Waals surface area contributed by atoms with Gasteiger partial charge in [0.05, 0.1) is 18.4 Å².